The minimum absolute atomic E-state index is 0.402. The third-order valence-corrected chi connectivity index (χ3v) is 5.68. The molecule has 0 radical (unpaired) electrons. The fraction of sp³-hybridized carbons (Fsp3) is 0.500. The van der Waals surface area contributed by atoms with Crippen LogP contribution in [0.5, 0.6) is 0 Å². The molecule has 0 aromatic carbocycles. The van der Waals surface area contributed by atoms with Crippen molar-refractivity contribution in [1.29, 1.82) is 0 Å². The number of fused-ring (bicyclic) bond motifs is 1. The minimum Gasteiger partial charge on any atom is -0.309 e. The van der Waals surface area contributed by atoms with Crippen molar-refractivity contribution in [2.45, 2.75) is 52.0 Å². The van der Waals surface area contributed by atoms with Crippen LogP contribution in [0.3, 0.4) is 0 Å². The fourth-order valence-electron chi connectivity index (χ4n) is 3.13. The van der Waals surface area contributed by atoms with Gasteiger partial charge < -0.3 is 5.32 Å². The van der Waals surface area contributed by atoms with Gasteiger partial charge in [-0.05, 0) is 62.4 Å². The van der Waals surface area contributed by atoms with E-state index in [1.54, 1.807) is 10.4 Å². The highest BCUT2D eigenvalue weighted by molar-refractivity contribution is 7.12. The van der Waals surface area contributed by atoms with Crippen molar-refractivity contribution in [3.63, 3.8) is 0 Å². The molecule has 2 aromatic rings. The van der Waals surface area contributed by atoms with Gasteiger partial charge in [0.2, 0.25) is 0 Å². The maximum absolute atomic E-state index is 4.57. The monoisotopic (exact) mass is 300 g/mol. The molecule has 1 unspecified atom stereocenters. The van der Waals surface area contributed by atoms with Crippen LogP contribution >= 0.6 is 11.3 Å². The number of hydrogen-bond donors (Lipinski definition) is 1. The van der Waals surface area contributed by atoms with Gasteiger partial charge in [0.1, 0.15) is 0 Å². The van der Waals surface area contributed by atoms with Gasteiger partial charge in [-0.15, -0.1) is 11.3 Å². The van der Waals surface area contributed by atoms with Gasteiger partial charge in [-0.25, -0.2) is 0 Å². The minimum atomic E-state index is 0.402. The zero-order valence-corrected chi connectivity index (χ0v) is 13.8. The molecule has 2 nitrogen and oxygen atoms in total. The second-order valence-electron chi connectivity index (χ2n) is 5.89. The summed E-state index contributed by atoms with van der Waals surface area (Å²) in [4.78, 5) is 7.69. The van der Waals surface area contributed by atoms with Crippen molar-refractivity contribution in [2.24, 2.45) is 0 Å². The van der Waals surface area contributed by atoms with Gasteiger partial charge in [-0.3, -0.25) is 4.98 Å². The standard InChI is InChI=1S/C18H24N2S/c1-3-19-16(12-15-13(2)7-6-10-20-15)18-11-14-8-4-5-9-17(14)21-18/h6-7,10-11,16,19H,3-5,8-9,12H2,1-2H3. The number of nitrogens with zero attached hydrogens (tertiary/aromatic N) is 1. The van der Waals surface area contributed by atoms with E-state index in [0.29, 0.717) is 6.04 Å². The van der Waals surface area contributed by atoms with E-state index in [-0.39, 0.29) is 0 Å². The molecule has 2 heterocycles. The smallest absolute Gasteiger partial charge is 0.0471 e. The first-order chi connectivity index (χ1) is 10.3. The van der Waals surface area contributed by atoms with E-state index in [9.17, 15) is 0 Å². The van der Waals surface area contributed by atoms with Crippen molar-refractivity contribution >= 4 is 11.3 Å². The Hall–Kier alpha value is -1.19. The number of pyridine rings is 1. The predicted octanol–water partition coefficient (Wildman–Crippen LogP) is 4.22. The topological polar surface area (TPSA) is 24.9 Å². The zero-order valence-electron chi connectivity index (χ0n) is 13.0. The van der Waals surface area contributed by atoms with Crippen molar-refractivity contribution in [3.05, 3.63) is 51.0 Å². The Morgan fingerprint density at radius 1 is 1.33 bits per heavy atom. The number of aryl methyl sites for hydroxylation is 3. The molecule has 1 aliphatic rings. The summed E-state index contributed by atoms with van der Waals surface area (Å²) in [6.45, 7) is 5.34. The van der Waals surface area contributed by atoms with Crippen LogP contribution in [0, 0.1) is 6.92 Å². The molecule has 0 fully saturated rings. The van der Waals surface area contributed by atoms with Crippen LogP contribution in [0.25, 0.3) is 0 Å². The molecular weight excluding hydrogens is 276 g/mol. The van der Waals surface area contributed by atoms with E-state index in [1.165, 1.54) is 41.8 Å². The van der Waals surface area contributed by atoms with Crippen LogP contribution in [0.2, 0.25) is 0 Å². The number of likely N-dealkylation sites (N-methyl/N-ethyl adjacent to an activating group) is 1. The van der Waals surface area contributed by atoms with Crippen LogP contribution < -0.4 is 5.32 Å². The van der Waals surface area contributed by atoms with Gasteiger partial charge in [0.25, 0.3) is 0 Å². The van der Waals surface area contributed by atoms with Crippen molar-refractivity contribution in [1.82, 2.24) is 10.3 Å². The summed E-state index contributed by atoms with van der Waals surface area (Å²) in [5, 5.41) is 3.65. The normalized spacial score (nSPS) is 15.7. The third-order valence-electron chi connectivity index (χ3n) is 4.32. The SMILES string of the molecule is CCNC(Cc1ncccc1C)c1cc2c(s1)CCCC2. The lowest BCUT2D eigenvalue weighted by Crippen LogP contribution is -2.22. The largest absolute Gasteiger partial charge is 0.309 e. The Morgan fingerprint density at radius 3 is 2.95 bits per heavy atom. The number of nitrogens with one attached hydrogen (secondary N) is 1. The molecule has 0 saturated carbocycles. The summed E-state index contributed by atoms with van der Waals surface area (Å²) >= 11 is 2.02. The summed E-state index contributed by atoms with van der Waals surface area (Å²) in [6, 6.07) is 7.03. The van der Waals surface area contributed by atoms with Crippen LogP contribution in [-0.4, -0.2) is 11.5 Å². The van der Waals surface area contributed by atoms with E-state index < -0.39 is 0 Å². The van der Waals surface area contributed by atoms with E-state index in [2.05, 4.69) is 36.3 Å². The lowest BCUT2D eigenvalue weighted by Gasteiger charge is -2.17. The van der Waals surface area contributed by atoms with E-state index in [1.807, 2.05) is 23.6 Å². The molecular formula is C18H24N2S. The summed E-state index contributed by atoms with van der Waals surface area (Å²) in [5.41, 5.74) is 4.11. The average molecular weight is 300 g/mol. The van der Waals surface area contributed by atoms with Crippen LogP contribution in [0.4, 0.5) is 0 Å². The van der Waals surface area contributed by atoms with Crippen LogP contribution in [0.1, 0.15) is 52.4 Å². The highest BCUT2D eigenvalue weighted by Crippen LogP contribution is 2.34. The Labute approximate surface area is 131 Å². The molecule has 1 atom stereocenters. The molecule has 0 spiro atoms. The molecule has 3 heteroatoms. The fourth-order valence-corrected chi connectivity index (χ4v) is 4.46. The summed E-state index contributed by atoms with van der Waals surface area (Å²) < 4.78 is 0. The number of rotatable bonds is 5. The van der Waals surface area contributed by atoms with Gasteiger partial charge in [-0.1, -0.05) is 13.0 Å². The van der Waals surface area contributed by atoms with E-state index in [4.69, 9.17) is 0 Å². The highest BCUT2D eigenvalue weighted by Gasteiger charge is 2.19. The van der Waals surface area contributed by atoms with Crippen LogP contribution in [0.15, 0.2) is 24.4 Å². The quantitative estimate of drug-likeness (QED) is 0.894. The van der Waals surface area contributed by atoms with Gasteiger partial charge in [0.15, 0.2) is 0 Å². The van der Waals surface area contributed by atoms with Gasteiger partial charge in [0, 0.05) is 34.1 Å². The molecule has 1 aliphatic carbocycles. The predicted molar refractivity (Wildman–Crippen MR) is 90.1 cm³/mol. The van der Waals surface area contributed by atoms with Gasteiger partial charge in [-0.2, -0.15) is 0 Å². The first-order valence-electron chi connectivity index (χ1n) is 8.03. The number of hydrogen-bond acceptors (Lipinski definition) is 3. The Kier molecular flexibility index (Phi) is 4.71. The molecule has 3 rings (SSSR count). The molecule has 0 saturated heterocycles. The van der Waals surface area contributed by atoms with E-state index in [0.717, 1.165) is 13.0 Å². The lowest BCUT2D eigenvalue weighted by molar-refractivity contribution is 0.550. The molecule has 0 aliphatic heterocycles. The van der Waals surface area contributed by atoms with E-state index >= 15 is 0 Å². The first-order valence-corrected chi connectivity index (χ1v) is 8.85. The Bertz CT molecular complexity index is 580. The average Bonchev–Trinajstić information content (AvgIpc) is 2.93. The van der Waals surface area contributed by atoms with Crippen LogP contribution in [-0.2, 0) is 19.3 Å². The molecule has 112 valence electrons. The highest BCUT2D eigenvalue weighted by atomic mass is 32.1. The number of thiophene rings is 1. The van der Waals surface area contributed by atoms with Gasteiger partial charge in [0.05, 0.1) is 0 Å². The summed E-state index contributed by atoms with van der Waals surface area (Å²) in [6.07, 6.45) is 8.16. The van der Waals surface area contributed by atoms with Crippen molar-refractivity contribution < 1.29 is 0 Å². The summed E-state index contributed by atoms with van der Waals surface area (Å²) in [7, 11) is 0. The molecule has 1 N–H and O–H groups in total. The second-order valence-corrected chi connectivity index (χ2v) is 7.05. The molecule has 0 bridgehead atoms. The molecule has 21 heavy (non-hydrogen) atoms. The first kappa shape index (κ1) is 14.7. The van der Waals surface area contributed by atoms with Crippen molar-refractivity contribution in [2.75, 3.05) is 6.54 Å². The third kappa shape index (κ3) is 3.35. The maximum atomic E-state index is 4.57. The molecule has 2 aromatic heterocycles. The van der Waals surface area contributed by atoms with Gasteiger partial charge >= 0.3 is 0 Å². The Morgan fingerprint density at radius 2 is 2.19 bits per heavy atom. The number of aromatic nitrogens is 1. The molecule has 0 amide bonds. The Balaban J connectivity index is 1.84. The maximum Gasteiger partial charge on any atom is 0.0471 e. The second kappa shape index (κ2) is 6.71. The zero-order chi connectivity index (χ0) is 14.7. The lowest BCUT2D eigenvalue weighted by atomic mass is 9.98. The summed E-state index contributed by atoms with van der Waals surface area (Å²) in [5.74, 6) is 0. The van der Waals surface area contributed by atoms with Crippen molar-refractivity contribution in [3.8, 4) is 0 Å².